The van der Waals surface area contributed by atoms with Gasteiger partial charge in [0.05, 0.1) is 6.42 Å². The van der Waals surface area contributed by atoms with Crippen molar-refractivity contribution in [2.24, 2.45) is 0 Å². The molecule has 0 aliphatic heterocycles. The van der Waals surface area contributed by atoms with Gasteiger partial charge >= 0.3 is 5.97 Å². The van der Waals surface area contributed by atoms with E-state index in [0.29, 0.717) is 21.3 Å². The number of hydrogen-bond acceptors (Lipinski definition) is 3. The lowest BCUT2D eigenvalue weighted by molar-refractivity contribution is -0.154. The number of hydrogen-bond donors (Lipinski definition) is 1. The maximum absolute atomic E-state index is 13.1. The summed E-state index contributed by atoms with van der Waals surface area (Å²) < 4.78 is 5.63. The first-order chi connectivity index (χ1) is 16.5. The van der Waals surface area contributed by atoms with E-state index < -0.39 is 18.0 Å². The van der Waals surface area contributed by atoms with Gasteiger partial charge in [0, 0.05) is 21.3 Å². The first-order valence-corrected chi connectivity index (χ1v) is 11.4. The molecule has 0 saturated carbocycles. The van der Waals surface area contributed by atoms with Gasteiger partial charge < -0.3 is 10.1 Å². The lowest BCUT2D eigenvalue weighted by atomic mass is 10.0. The fourth-order valence-electron chi connectivity index (χ4n) is 3.52. The van der Waals surface area contributed by atoms with E-state index in [4.69, 9.17) is 27.9 Å². The quantitative estimate of drug-likeness (QED) is 0.281. The SMILES string of the molecule is O=C(Cc1ccc(-c2ccccc2)cc1)O[C@H](C(=O)Nc1cc(Cl)cc(Cl)c1)c1ccccc1. The molecule has 0 radical (unpaired) electrons. The molecule has 0 aromatic heterocycles. The normalized spacial score (nSPS) is 11.5. The van der Waals surface area contributed by atoms with Crippen LogP contribution < -0.4 is 5.32 Å². The largest absolute Gasteiger partial charge is 0.447 e. The van der Waals surface area contributed by atoms with Crippen LogP contribution in [0.2, 0.25) is 10.0 Å². The molecule has 1 N–H and O–H groups in total. The number of anilines is 1. The number of nitrogens with one attached hydrogen (secondary N) is 1. The molecule has 4 rings (SSSR count). The van der Waals surface area contributed by atoms with Gasteiger partial charge in [-0.05, 0) is 34.9 Å². The maximum Gasteiger partial charge on any atom is 0.311 e. The van der Waals surface area contributed by atoms with Crippen molar-refractivity contribution in [3.63, 3.8) is 0 Å². The second-order valence-corrected chi connectivity index (χ2v) is 8.54. The summed E-state index contributed by atoms with van der Waals surface area (Å²) in [5, 5.41) is 3.50. The van der Waals surface area contributed by atoms with Gasteiger partial charge in [-0.25, -0.2) is 0 Å². The third-order valence-electron chi connectivity index (χ3n) is 5.13. The second-order valence-electron chi connectivity index (χ2n) is 7.67. The third kappa shape index (κ3) is 6.25. The highest BCUT2D eigenvalue weighted by Crippen LogP contribution is 2.26. The van der Waals surface area contributed by atoms with E-state index in [1.54, 1.807) is 42.5 Å². The highest BCUT2D eigenvalue weighted by atomic mass is 35.5. The van der Waals surface area contributed by atoms with E-state index >= 15 is 0 Å². The Labute approximate surface area is 208 Å². The Morgan fingerprint density at radius 3 is 1.91 bits per heavy atom. The summed E-state index contributed by atoms with van der Waals surface area (Å²) in [6, 6.07) is 31.2. The van der Waals surface area contributed by atoms with Crippen LogP contribution in [0.25, 0.3) is 11.1 Å². The summed E-state index contributed by atoms with van der Waals surface area (Å²) in [6.07, 6.45) is -1.09. The van der Waals surface area contributed by atoms with Crippen molar-refractivity contribution >= 4 is 40.8 Å². The molecular formula is C28H21Cl2NO3. The Hall–Kier alpha value is -3.60. The molecule has 0 aliphatic rings. The summed E-state index contributed by atoms with van der Waals surface area (Å²) in [5.41, 5.74) is 3.91. The summed E-state index contributed by atoms with van der Waals surface area (Å²) in [7, 11) is 0. The molecule has 170 valence electrons. The zero-order chi connectivity index (χ0) is 23.9. The van der Waals surface area contributed by atoms with Crippen LogP contribution in [0, 0.1) is 0 Å². The van der Waals surface area contributed by atoms with Crippen LogP contribution >= 0.6 is 23.2 Å². The van der Waals surface area contributed by atoms with Crippen LogP contribution in [-0.4, -0.2) is 11.9 Å². The van der Waals surface area contributed by atoms with E-state index in [9.17, 15) is 9.59 Å². The van der Waals surface area contributed by atoms with E-state index in [1.165, 1.54) is 0 Å². The topological polar surface area (TPSA) is 55.4 Å². The average Bonchev–Trinajstić information content (AvgIpc) is 2.83. The second kappa shape index (κ2) is 11.0. The predicted octanol–water partition coefficient (Wildman–Crippen LogP) is 7.13. The Kier molecular flexibility index (Phi) is 7.63. The molecule has 1 amide bonds. The molecule has 34 heavy (non-hydrogen) atoms. The van der Waals surface area contributed by atoms with E-state index in [-0.39, 0.29) is 6.42 Å². The third-order valence-corrected chi connectivity index (χ3v) is 5.57. The Bertz CT molecular complexity index is 1260. The number of carbonyl (C=O) groups is 2. The zero-order valence-corrected chi connectivity index (χ0v) is 19.6. The number of halogens is 2. The molecule has 0 bridgehead atoms. The molecule has 4 aromatic carbocycles. The summed E-state index contributed by atoms with van der Waals surface area (Å²) in [5.74, 6) is -1.02. The van der Waals surface area contributed by atoms with Gasteiger partial charge in [-0.3, -0.25) is 9.59 Å². The first-order valence-electron chi connectivity index (χ1n) is 10.6. The van der Waals surface area contributed by atoms with Gasteiger partial charge in [-0.1, -0.05) is 108 Å². The van der Waals surface area contributed by atoms with Gasteiger partial charge in [0.1, 0.15) is 0 Å². The lowest BCUT2D eigenvalue weighted by Crippen LogP contribution is -2.26. The molecule has 0 spiro atoms. The summed E-state index contributed by atoms with van der Waals surface area (Å²) in [4.78, 5) is 25.8. The summed E-state index contributed by atoms with van der Waals surface area (Å²) in [6.45, 7) is 0. The molecule has 0 heterocycles. The van der Waals surface area contributed by atoms with Gasteiger partial charge in [0.2, 0.25) is 6.10 Å². The van der Waals surface area contributed by atoms with Crippen LogP contribution in [0.5, 0.6) is 0 Å². The van der Waals surface area contributed by atoms with Crippen molar-refractivity contribution in [1.29, 1.82) is 0 Å². The molecule has 0 saturated heterocycles. The Morgan fingerprint density at radius 2 is 1.29 bits per heavy atom. The van der Waals surface area contributed by atoms with E-state index in [0.717, 1.165) is 16.7 Å². The van der Waals surface area contributed by atoms with E-state index in [2.05, 4.69) is 5.32 Å². The standard InChI is InChI=1S/C28H21Cl2NO3/c29-23-16-24(30)18-25(17-23)31-28(33)27(22-9-5-2-6-10-22)34-26(32)15-19-11-13-21(14-12-19)20-7-3-1-4-8-20/h1-14,16-18,27H,15H2,(H,31,33)/t27-/m0/s1. The van der Waals surface area contributed by atoms with Crippen molar-refractivity contribution in [2.45, 2.75) is 12.5 Å². The molecule has 0 unspecified atom stereocenters. The van der Waals surface area contributed by atoms with Crippen LogP contribution in [0.15, 0.2) is 103 Å². The molecule has 4 nitrogen and oxygen atoms in total. The number of amides is 1. The minimum atomic E-state index is -1.13. The van der Waals surface area contributed by atoms with E-state index in [1.807, 2.05) is 60.7 Å². The molecular weight excluding hydrogens is 469 g/mol. The monoisotopic (exact) mass is 489 g/mol. The zero-order valence-electron chi connectivity index (χ0n) is 18.1. The van der Waals surface area contributed by atoms with Gasteiger partial charge in [0.15, 0.2) is 0 Å². The Morgan fingerprint density at radius 1 is 0.735 bits per heavy atom. The highest BCUT2D eigenvalue weighted by Gasteiger charge is 2.25. The molecule has 6 heteroatoms. The van der Waals surface area contributed by atoms with Crippen molar-refractivity contribution in [1.82, 2.24) is 0 Å². The minimum Gasteiger partial charge on any atom is -0.447 e. The smallest absolute Gasteiger partial charge is 0.311 e. The first kappa shape index (κ1) is 23.6. The molecule has 4 aromatic rings. The minimum absolute atomic E-state index is 0.0364. The van der Waals surface area contributed by atoms with Crippen LogP contribution in [-0.2, 0) is 20.7 Å². The summed E-state index contributed by atoms with van der Waals surface area (Å²) >= 11 is 12.1. The van der Waals surface area contributed by atoms with Crippen molar-refractivity contribution < 1.29 is 14.3 Å². The number of rotatable bonds is 7. The molecule has 0 aliphatic carbocycles. The molecule has 0 fully saturated rings. The Balaban J connectivity index is 1.48. The fraction of sp³-hybridized carbons (Fsp3) is 0.0714. The predicted molar refractivity (Wildman–Crippen MR) is 136 cm³/mol. The lowest BCUT2D eigenvalue weighted by Gasteiger charge is -2.18. The number of benzene rings is 4. The number of ether oxygens (including phenoxy) is 1. The molecule has 1 atom stereocenters. The van der Waals surface area contributed by atoms with Gasteiger partial charge in [0.25, 0.3) is 5.91 Å². The number of esters is 1. The van der Waals surface area contributed by atoms with Crippen LogP contribution in [0.3, 0.4) is 0 Å². The van der Waals surface area contributed by atoms with Crippen LogP contribution in [0.4, 0.5) is 5.69 Å². The fourth-order valence-corrected chi connectivity index (χ4v) is 4.05. The van der Waals surface area contributed by atoms with Crippen molar-refractivity contribution in [3.05, 3.63) is 124 Å². The van der Waals surface area contributed by atoms with Crippen LogP contribution in [0.1, 0.15) is 17.2 Å². The van der Waals surface area contributed by atoms with Gasteiger partial charge in [-0.15, -0.1) is 0 Å². The maximum atomic E-state index is 13.1. The van der Waals surface area contributed by atoms with Crippen molar-refractivity contribution in [3.8, 4) is 11.1 Å². The average molecular weight is 490 g/mol. The highest BCUT2D eigenvalue weighted by molar-refractivity contribution is 6.35. The van der Waals surface area contributed by atoms with Crippen molar-refractivity contribution in [2.75, 3.05) is 5.32 Å². The van der Waals surface area contributed by atoms with Gasteiger partial charge in [-0.2, -0.15) is 0 Å². The number of carbonyl (C=O) groups excluding carboxylic acids is 2.